The van der Waals surface area contributed by atoms with Crippen LogP contribution in [0, 0.1) is 3.57 Å². The quantitative estimate of drug-likeness (QED) is 0.674. The third-order valence-electron chi connectivity index (χ3n) is 2.21. The Bertz CT molecular complexity index is 429. The highest BCUT2D eigenvalue weighted by Crippen LogP contribution is 2.31. The zero-order valence-corrected chi connectivity index (χ0v) is 10.6. The van der Waals surface area contributed by atoms with Crippen molar-refractivity contribution >= 4 is 44.0 Å². The summed E-state index contributed by atoms with van der Waals surface area (Å²) >= 11 is 4.30. The van der Waals surface area contributed by atoms with Gasteiger partial charge in [-0.3, -0.25) is 0 Å². The van der Waals surface area contributed by atoms with Crippen molar-refractivity contribution in [1.82, 2.24) is 0 Å². The lowest BCUT2D eigenvalue weighted by molar-refractivity contribution is 0.863. The lowest BCUT2D eigenvalue weighted by Gasteiger charge is -2.08. The molecule has 68 valence electrons. The first-order chi connectivity index (χ1) is 6.20. The highest BCUT2D eigenvalue weighted by atomic mass is 127. The number of halogens is 1. The zero-order chi connectivity index (χ0) is 9.42. The molecule has 0 unspecified atom stereocenters. The van der Waals surface area contributed by atoms with E-state index in [-0.39, 0.29) is 0 Å². The van der Waals surface area contributed by atoms with Crippen LogP contribution in [0.4, 0.5) is 0 Å². The van der Waals surface area contributed by atoms with Crippen LogP contribution in [0.2, 0.25) is 0 Å². The van der Waals surface area contributed by atoms with Crippen LogP contribution in [0.1, 0.15) is 25.3 Å². The molecule has 0 aliphatic heterocycles. The molecule has 1 aromatic carbocycles. The third kappa shape index (κ3) is 1.62. The summed E-state index contributed by atoms with van der Waals surface area (Å²) in [5, 5.41) is 3.54. The minimum absolute atomic E-state index is 0.624. The minimum Gasteiger partial charge on any atom is -0.143 e. The smallest absolute Gasteiger partial charge is 0.0479 e. The highest BCUT2D eigenvalue weighted by molar-refractivity contribution is 14.1. The van der Waals surface area contributed by atoms with Gasteiger partial charge in [0.25, 0.3) is 0 Å². The Morgan fingerprint density at radius 1 is 1.23 bits per heavy atom. The number of rotatable bonds is 1. The summed E-state index contributed by atoms with van der Waals surface area (Å²) in [6.07, 6.45) is 0. The second kappa shape index (κ2) is 3.58. The maximum atomic E-state index is 2.46. The molecule has 0 saturated heterocycles. The second-order valence-electron chi connectivity index (χ2n) is 3.46. The van der Waals surface area contributed by atoms with Crippen molar-refractivity contribution in [2.24, 2.45) is 0 Å². The average molecular weight is 302 g/mol. The summed E-state index contributed by atoms with van der Waals surface area (Å²) in [4.78, 5) is 0. The first kappa shape index (κ1) is 9.46. The van der Waals surface area contributed by atoms with Gasteiger partial charge in [0.2, 0.25) is 0 Å². The fraction of sp³-hybridized carbons (Fsp3) is 0.273. The van der Waals surface area contributed by atoms with Gasteiger partial charge in [-0.15, -0.1) is 11.3 Å². The summed E-state index contributed by atoms with van der Waals surface area (Å²) in [5.74, 6) is 0.624. The number of benzene rings is 1. The summed E-state index contributed by atoms with van der Waals surface area (Å²) in [6, 6.07) is 6.66. The third-order valence-corrected chi connectivity index (χ3v) is 4.69. The van der Waals surface area contributed by atoms with Gasteiger partial charge in [0.1, 0.15) is 0 Å². The number of hydrogen-bond acceptors (Lipinski definition) is 1. The van der Waals surface area contributed by atoms with E-state index >= 15 is 0 Å². The standard InChI is InChI=1S/C11H11IS/c1-7(2)9-4-3-8-5-6-13-11(8)10(9)12/h3-7H,1-2H3. The van der Waals surface area contributed by atoms with E-state index in [2.05, 4.69) is 60.0 Å². The topological polar surface area (TPSA) is 0 Å². The van der Waals surface area contributed by atoms with E-state index < -0.39 is 0 Å². The Labute approximate surface area is 96.1 Å². The van der Waals surface area contributed by atoms with Crippen LogP contribution < -0.4 is 0 Å². The average Bonchev–Trinajstić information content (AvgIpc) is 2.52. The van der Waals surface area contributed by atoms with Gasteiger partial charge in [-0.1, -0.05) is 26.0 Å². The molecule has 0 radical (unpaired) electrons. The van der Waals surface area contributed by atoms with Crippen molar-refractivity contribution in [3.63, 3.8) is 0 Å². The van der Waals surface area contributed by atoms with E-state index in [0.717, 1.165) is 0 Å². The van der Waals surface area contributed by atoms with Crippen LogP contribution in [0.5, 0.6) is 0 Å². The summed E-state index contributed by atoms with van der Waals surface area (Å²) in [6.45, 7) is 4.49. The minimum atomic E-state index is 0.624. The van der Waals surface area contributed by atoms with Gasteiger partial charge >= 0.3 is 0 Å². The first-order valence-electron chi connectivity index (χ1n) is 4.35. The van der Waals surface area contributed by atoms with E-state index in [1.54, 1.807) is 0 Å². The van der Waals surface area contributed by atoms with Gasteiger partial charge in [-0.05, 0) is 50.9 Å². The molecule has 0 saturated carbocycles. The van der Waals surface area contributed by atoms with Crippen LogP contribution in [0.25, 0.3) is 10.1 Å². The molecule has 0 N–H and O–H groups in total. The van der Waals surface area contributed by atoms with E-state index in [1.165, 1.54) is 19.2 Å². The van der Waals surface area contributed by atoms with Gasteiger partial charge in [0, 0.05) is 8.27 Å². The van der Waals surface area contributed by atoms with Gasteiger partial charge in [-0.25, -0.2) is 0 Å². The zero-order valence-electron chi connectivity index (χ0n) is 7.67. The van der Waals surface area contributed by atoms with Crippen LogP contribution >= 0.6 is 33.9 Å². The molecule has 0 aliphatic rings. The molecule has 0 fully saturated rings. The van der Waals surface area contributed by atoms with Gasteiger partial charge < -0.3 is 0 Å². The fourth-order valence-electron chi connectivity index (χ4n) is 1.46. The summed E-state index contributed by atoms with van der Waals surface area (Å²) in [5.41, 5.74) is 1.47. The molecular weight excluding hydrogens is 291 g/mol. The summed E-state index contributed by atoms with van der Waals surface area (Å²) in [7, 11) is 0. The Morgan fingerprint density at radius 3 is 2.69 bits per heavy atom. The molecule has 2 aromatic rings. The molecule has 13 heavy (non-hydrogen) atoms. The monoisotopic (exact) mass is 302 g/mol. The van der Waals surface area contributed by atoms with Gasteiger partial charge in [-0.2, -0.15) is 0 Å². The molecule has 2 heteroatoms. The SMILES string of the molecule is CC(C)c1ccc2ccsc2c1I. The van der Waals surface area contributed by atoms with Crippen LogP contribution in [-0.4, -0.2) is 0 Å². The van der Waals surface area contributed by atoms with Crippen molar-refractivity contribution in [3.05, 3.63) is 32.7 Å². The van der Waals surface area contributed by atoms with Crippen molar-refractivity contribution in [3.8, 4) is 0 Å². The summed E-state index contributed by atoms with van der Waals surface area (Å²) < 4.78 is 2.87. The molecular formula is C11H11IS. The predicted molar refractivity (Wildman–Crippen MR) is 68.6 cm³/mol. The lowest BCUT2D eigenvalue weighted by Crippen LogP contribution is -1.90. The number of thiophene rings is 1. The lowest BCUT2D eigenvalue weighted by atomic mass is 10.0. The number of fused-ring (bicyclic) bond motifs is 1. The molecule has 0 amide bonds. The highest BCUT2D eigenvalue weighted by Gasteiger charge is 2.08. The van der Waals surface area contributed by atoms with Crippen molar-refractivity contribution in [2.45, 2.75) is 19.8 Å². The van der Waals surface area contributed by atoms with Gasteiger partial charge in [0.05, 0.1) is 0 Å². The van der Waals surface area contributed by atoms with E-state index in [4.69, 9.17) is 0 Å². The van der Waals surface area contributed by atoms with Crippen molar-refractivity contribution in [1.29, 1.82) is 0 Å². The van der Waals surface area contributed by atoms with Crippen LogP contribution in [0.3, 0.4) is 0 Å². The van der Waals surface area contributed by atoms with E-state index in [0.29, 0.717) is 5.92 Å². The first-order valence-corrected chi connectivity index (χ1v) is 6.31. The largest absolute Gasteiger partial charge is 0.143 e. The molecule has 1 heterocycles. The number of hydrogen-bond donors (Lipinski definition) is 0. The van der Waals surface area contributed by atoms with E-state index in [9.17, 15) is 0 Å². The maximum absolute atomic E-state index is 2.46. The normalized spacial score (nSPS) is 11.4. The molecule has 2 rings (SSSR count). The molecule has 0 nitrogen and oxygen atoms in total. The van der Waals surface area contributed by atoms with Crippen LogP contribution in [-0.2, 0) is 0 Å². The van der Waals surface area contributed by atoms with Crippen molar-refractivity contribution in [2.75, 3.05) is 0 Å². The maximum Gasteiger partial charge on any atom is 0.0479 e. The van der Waals surface area contributed by atoms with E-state index in [1.807, 2.05) is 11.3 Å². The fourth-order valence-corrected chi connectivity index (χ4v) is 3.80. The second-order valence-corrected chi connectivity index (χ2v) is 5.46. The molecule has 0 spiro atoms. The van der Waals surface area contributed by atoms with Gasteiger partial charge in [0.15, 0.2) is 0 Å². The van der Waals surface area contributed by atoms with Crippen molar-refractivity contribution < 1.29 is 0 Å². The molecule has 1 aromatic heterocycles. The van der Waals surface area contributed by atoms with Crippen LogP contribution in [0.15, 0.2) is 23.6 Å². The Kier molecular flexibility index (Phi) is 2.60. The Balaban J connectivity index is 2.73. The Hall–Kier alpha value is -0.0900. The predicted octanol–water partition coefficient (Wildman–Crippen LogP) is 4.63. The molecule has 0 bridgehead atoms. The Morgan fingerprint density at radius 2 is 2.00 bits per heavy atom. The molecule has 0 atom stereocenters. The molecule has 0 aliphatic carbocycles.